The second kappa shape index (κ2) is 5.79. The Balaban J connectivity index is 2.38. The smallest absolute Gasteiger partial charge is 0.417 e. The molecule has 0 saturated carbocycles. The van der Waals surface area contributed by atoms with Crippen LogP contribution in [0.25, 0.3) is 10.8 Å². The van der Waals surface area contributed by atoms with E-state index in [-0.39, 0.29) is 5.91 Å². The van der Waals surface area contributed by atoms with Gasteiger partial charge >= 0.3 is 6.09 Å². The molecule has 4 heteroatoms. The Morgan fingerprint density at radius 2 is 1.59 bits per heavy atom. The molecule has 0 saturated heterocycles. The second-order valence-electron chi connectivity index (χ2n) is 6.32. The monoisotopic (exact) mass is 299 g/mol. The molecule has 0 bridgehead atoms. The summed E-state index contributed by atoms with van der Waals surface area (Å²) in [5, 5.41) is 1.84. The van der Waals surface area contributed by atoms with Gasteiger partial charge in [-0.05, 0) is 50.1 Å². The molecule has 0 aliphatic rings. The van der Waals surface area contributed by atoms with Crippen LogP contribution in [-0.4, -0.2) is 29.5 Å². The van der Waals surface area contributed by atoms with Gasteiger partial charge in [-0.1, -0.05) is 30.3 Å². The van der Waals surface area contributed by atoms with Crippen molar-refractivity contribution in [2.75, 3.05) is 7.05 Å². The van der Waals surface area contributed by atoms with Gasteiger partial charge in [0.15, 0.2) is 0 Å². The summed E-state index contributed by atoms with van der Waals surface area (Å²) in [7, 11) is 1.44. The number of ether oxygens (including phenoxy) is 1. The summed E-state index contributed by atoms with van der Waals surface area (Å²) in [6.45, 7) is 7.30. The van der Waals surface area contributed by atoms with Crippen LogP contribution in [0.4, 0.5) is 4.79 Å². The molecular formula is C18H21NO3. The molecule has 0 fully saturated rings. The number of aryl methyl sites for hydroxylation is 1. The number of hydrogen-bond donors (Lipinski definition) is 0. The van der Waals surface area contributed by atoms with E-state index in [0.29, 0.717) is 5.56 Å². The molecule has 2 amide bonds. The van der Waals surface area contributed by atoms with Crippen molar-refractivity contribution in [2.24, 2.45) is 0 Å². The summed E-state index contributed by atoms with van der Waals surface area (Å²) in [6.07, 6.45) is -0.651. The molecule has 4 nitrogen and oxygen atoms in total. The van der Waals surface area contributed by atoms with Crippen molar-refractivity contribution >= 4 is 22.8 Å². The summed E-state index contributed by atoms with van der Waals surface area (Å²) in [4.78, 5) is 25.7. The maximum Gasteiger partial charge on any atom is 0.417 e. The van der Waals surface area contributed by atoms with E-state index in [0.717, 1.165) is 21.2 Å². The van der Waals surface area contributed by atoms with Crippen molar-refractivity contribution in [1.29, 1.82) is 0 Å². The van der Waals surface area contributed by atoms with E-state index < -0.39 is 11.7 Å². The molecule has 0 aromatic heterocycles. The number of benzene rings is 2. The maximum absolute atomic E-state index is 12.6. The third kappa shape index (κ3) is 3.27. The highest BCUT2D eigenvalue weighted by Crippen LogP contribution is 2.23. The van der Waals surface area contributed by atoms with Gasteiger partial charge < -0.3 is 4.74 Å². The van der Waals surface area contributed by atoms with Gasteiger partial charge in [-0.2, -0.15) is 0 Å². The number of imide groups is 1. The average molecular weight is 299 g/mol. The number of amides is 2. The van der Waals surface area contributed by atoms with Gasteiger partial charge in [0.1, 0.15) is 5.60 Å². The predicted molar refractivity (Wildman–Crippen MR) is 87.0 cm³/mol. The zero-order valence-corrected chi connectivity index (χ0v) is 13.6. The molecule has 116 valence electrons. The van der Waals surface area contributed by atoms with Gasteiger partial charge in [-0.15, -0.1) is 0 Å². The quantitative estimate of drug-likeness (QED) is 0.794. The number of fused-ring (bicyclic) bond motifs is 1. The highest BCUT2D eigenvalue weighted by Gasteiger charge is 2.25. The fourth-order valence-electron chi connectivity index (χ4n) is 2.23. The van der Waals surface area contributed by atoms with Crippen LogP contribution in [0.2, 0.25) is 0 Å². The van der Waals surface area contributed by atoms with Crippen LogP contribution in [0.15, 0.2) is 36.4 Å². The Morgan fingerprint density at radius 3 is 2.18 bits per heavy atom. The summed E-state index contributed by atoms with van der Waals surface area (Å²) in [5.74, 6) is -0.370. The number of carbonyl (C=O) groups excluding carboxylic acids is 2. The van der Waals surface area contributed by atoms with Crippen molar-refractivity contribution in [2.45, 2.75) is 33.3 Å². The Morgan fingerprint density at radius 1 is 1.00 bits per heavy atom. The zero-order chi connectivity index (χ0) is 16.5. The van der Waals surface area contributed by atoms with E-state index in [1.807, 2.05) is 37.3 Å². The molecule has 0 aliphatic carbocycles. The van der Waals surface area contributed by atoms with Crippen molar-refractivity contribution in [1.82, 2.24) is 4.90 Å². The standard InChI is InChI=1S/C18H21NO3/c1-12-10-11-15(14-9-7-6-8-13(12)14)16(20)19(5)17(21)22-18(2,3)4/h6-11H,1-5H3. The lowest BCUT2D eigenvalue weighted by molar-refractivity contribution is 0.0285. The van der Waals surface area contributed by atoms with Crippen LogP contribution in [0.3, 0.4) is 0 Å². The molecule has 0 radical (unpaired) electrons. The predicted octanol–water partition coefficient (Wildman–Crippen LogP) is 4.16. The maximum atomic E-state index is 12.6. The summed E-state index contributed by atoms with van der Waals surface area (Å²) < 4.78 is 5.24. The van der Waals surface area contributed by atoms with Gasteiger partial charge in [0.05, 0.1) is 0 Å². The molecule has 0 unspecified atom stereocenters. The molecule has 0 N–H and O–H groups in total. The lowest BCUT2D eigenvalue weighted by atomic mass is 10.00. The molecule has 2 aromatic rings. The van der Waals surface area contributed by atoms with Crippen molar-refractivity contribution in [3.8, 4) is 0 Å². The molecule has 0 heterocycles. The minimum Gasteiger partial charge on any atom is -0.443 e. The Labute approximate surface area is 130 Å². The highest BCUT2D eigenvalue weighted by atomic mass is 16.6. The summed E-state index contributed by atoms with van der Waals surface area (Å²) in [6, 6.07) is 11.3. The average Bonchev–Trinajstić information content (AvgIpc) is 2.45. The first-order valence-electron chi connectivity index (χ1n) is 7.20. The molecule has 2 rings (SSSR count). The highest BCUT2D eigenvalue weighted by molar-refractivity contribution is 6.11. The minimum atomic E-state index is -0.651. The van der Waals surface area contributed by atoms with Crippen LogP contribution in [0, 0.1) is 6.92 Å². The van der Waals surface area contributed by atoms with Gasteiger partial charge in [0.25, 0.3) is 5.91 Å². The van der Waals surface area contributed by atoms with Crippen LogP contribution in [0.1, 0.15) is 36.7 Å². The first-order valence-corrected chi connectivity index (χ1v) is 7.20. The molecule has 0 aliphatic heterocycles. The fraction of sp³-hybridized carbons (Fsp3) is 0.333. The number of rotatable bonds is 1. The third-order valence-electron chi connectivity index (χ3n) is 3.34. The van der Waals surface area contributed by atoms with Gasteiger partial charge in [0, 0.05) is 12.6 Å². The number of hydrogen-bond acceptors (Lipinski definition) is 3. The Hall–Kier alpha value is -2.36. The Kier molecular flexibility index (Phi) is 4.22. The van der Waals surface area contributed by atoms with Crippen molar-refractivity contribution < 1.29 is 14.3 Å². The first kappa shape index (κ1) is 16.0. The van der Waals surface area contributed by atoms with E-state index in [9.17, 15) is 9.59 Å². The topological polar surface area (TPSA) is 46.6 Å². The normalized spacial score (nSPS) is 11.3. The van der Waals surface area contributed by atoms with Gasteiger partial charge in [-0.25, -0.2) is 9.69 Å². The minimum absolute atomic E-state index is 0.370. The number of nitrogens with zero attached hydrogens (tertiary/aromatic N) is 1. The lowest BCUT2D eigenvalue weighted by Crippen LogP contribution is -2.38. The van der Waals surface area contributed by atoms with Crippen molar-refractivity contribution in [3.05, 3.63) is 47.5 Å². The van der Waals surface area contributed by atoms with Gasteiger partial charge in [0.2, 0.25) is 0 Å². The fourth-order valence-corrected chi connectivity index (χ4v) is 2.23. The first-order chi connectivity index (χ1) is 10.2. The lowest BCUT2D eigenvalue weighted by Gasteiger charge is -2.24. The summed E-state index contributed by atoms with van der Waals surface area (Å²) in [5.41, 5.74) is 0.947. The van der Waals surface area contributed by atoms with Crippen LogP contribution in [-0.2, 0) is 4.74 Å². The van der Waals surface area contributed by atoms with Crippen LogP contribution < -0.4 is 0 Å². The zero-order valence-electron chi connectivity index (χ0n) is 13.6. The second-order valence-corrected chi connectivity index (χ2v) is 6.32. The van der Waals surface area contributed by atoms with E-state index in [1.54, 1.807) is 26.8 Å². The molecule has 0 atom stereocenters. The molecule has 2 aromatic carbocycles. The molecule has 22 heavy (non-hydrogen) atoms. The van der Waals surface area contributed by atoms with E-state index in [2.05, 4.69) is 0 Å². The van der Waals surface area contributed by atoms with E-state index >= 15 is 0 Å². The van der Waals surface area contributed by atoms with Crippen LogP contribution >= 0.6 is 0 Å². The third-order valence-corrected chi connectivity index (χ3v) is 3.34. The molecule has 0 spiro atoms. The SMILES string of the molecule is Cc1ccc(C(=O)N(C)C(=O)OC(C)(C)C)c2ccccc12. The van der Waals surface area contributed by atoms with Gasteiger partial charge in [-0.3, -0.25) is 4.79 Å². The Bertz CT molecular complexity index is 729. The van der Waals surface area contributed by atoms with Crippen molar-refractivity contribution in [3.63, 3.8) is 0 Å². The van der Waals surface area contributed by atoms with Crippen LogP contribution in [0.5, 0.6) is 0 Å². The number of carbonyl (C=O) groups is 2. The largest absolute Gasteiger partial charge is 0.443 e. The van der Waals surface area contributed by atoms with E-state index in [4.69, 9.17) is 4.74 Å². The van der Waals surface area contributed by atoms with E-state index in [1.165, 1.54) is 7.05 Å². The summed E-state index contributed by atoms with van der Waals surface area (Å²) >= 11 is 0. The molecular weight excluding hydrogens is 278 g/mol.